The Kier molecular flexibility index (Phi) is 8.99. The molecule has 0 radical (unpaired) electrons. The number of likely N-dealkylation sites (tertiary alicyclic amines) is 1. The van der Waals surface area contributed by atoms with Crippen LogP contribution in [-0.2, 0) is 6.42 Å². The number of rotatable bonds is 5. The highest BCUT2D eigenvalue weighted by atomic mass is 127. The number of anilines is 1. The predicted octanol–water partition coefficient (Wildman–Crippen LogP) is 4.66. The van der Waals surface area contributed by atoms with E-state index in [2.05, 4.69) is 61.9 Å². The van der Waals surface area contributed by atoms with Crippen LogP contribution in [0.4, 0.5) is 5.13 Å². The van der Waals surface area contributed by atoms with Gasteiger partial charge in [0.1, 0.15) is 0 Å². The number of halogens is 1. The van der Waals surface area contributed by atoms with Gasteiger partial charge in [0.2, 0.25) is 0 Å². The van der Waals surface area contributed by atoms with Crippen LogP contribution < -0.4 is 10.2 Å². The van der Waals surface area contributed by atoms with Crippen LogP contribution in [0.25, 0.3) is 6.08 Å². The number of nitrogens with zero attached hydrogens (tertiary/aromatic N) is 4. The van der Waals surface area contributed by atoms with E-state index in [0.29, 0.717) is 0 Å². The van der Waals surface area contributed by atoms with Crippen molar-refractivity contribution in [1.29, 1.82) is 0 Å². The minimum atomic E-state index is 0. The first-order valence-electron chi connectivity index (χ1n) is 10.7. The van der Waals surface area contributed by atoms with E-state index in [1.165, 1.54) is 34.8 Å². The summed E-state index contributed by atoms with van der Waals surface area (Å²) in [6.45, 7) is 5.24. The third kappa shape index (κ3) is 6.20. The van der Waals surface area contributed by atoms with Crippen molar-refractivity contribution in [2.75, 3.05) is 44.7 Å². The topological polar surface area (TPSA) is 43.8 Å². The summed E-state index contributed by atoms with van der Waals surface area (Å²) in [6, 6.07) is 10.6. The van der Waals surface area contributed by atoms with Gasteiger partial charge in [-0.2, -0.15) is 0 Å². The number of benzene rings is 1. The normalized spacial score (nSPS) is 17.1. The Labute approximate surface area is 201 Å². The Morgan fingerprint density at radius 1 is 1.13 bits per heavy atom. The van der Waals surface area contributed by atoms with Gasteiger partial charge in [0.25, 0.3) is 0 Å². The molecule has 162 valence electrons. The van der Waals surface area contributed by atoms with E-state index in [4.69, 9.17) is 4.98 Å². The molecule has 5 nitrogen and oxygen atoms in total. The number of aliphatic imine (C=N–C) groups is 1. The molecule has 0 spiro atoms. The SMILES string of the molecule is CN=C(NCCc1csc(N2CCCC2)n1)N1CCC(=Cc2ccccc2)CC1.I. The molecular weight excluding hydrogens is 505 g/mol. The molecule has 0 unspecified atom stereocenters. The van der Waals surface area contributed by atoms with E-state index in [9.17, 15) is 0 Å². The fraction of sp³-hybridized carbons (Fsp3) is 0.478. The third-order valence-corrected chi connectivity index (χ3v) is 6.62. The van der Waals surface area contributed by atoms with Crippen molar-refractivity contribution in [3.63, 3.8) is 0 Å². The smallest absolute Gasteiger partial charge is 0.193 e. The van der Waals surface area contributed by atoms with Crippen LogP contribution in [0.3, 0.4) is 0 Å². The Balaban J connectivity index is 0.00000256. The van der Waals surface area contributed by atoms with Crippen molar-refractivity contribution in [2.24, 2.45) is 4.99 Å². The number of nitrogens with one attached hydrogen (secondary N) is 1. The maximum atomic E-state index is 4.82. The molecule has 0 aliphatic carbocycles. The number of aromatic nitrogens is 1. The van der Waals surface area contributed by atoms with Gasteiger partial charge < -0.3 is 15.1 Å². The lowest BCUT2D eigenvalue weighted by Crippen LogP contribution is -2.45. The summed E-state index contributed by atoms with van der Waals surface area (Å²) in [6.07, 6.45) is 8.07. The summed E-state index contributed by atoms with van der Waals surface area (Å²) in [4.78, 5) is 14.1. The highest BCUT2D eigenvalue weighted by Crippen LogP contribution is 2.24. The van der Waals surface area contributed by atoms with Gasteiger partial charge in [-0.25, -0.2) is 4.98 Å². The quantitative estimate of drug-likeness (QED) is 0.343. The number of piperidine rings is 1. The Bertz CT molecular complexity index is 832. The summed E-state index contributed by atoms with van der Waals surface area (Å²) in [7, 11) is 1.88. The largest absolute Gasteiger partial charge is 0.356 e. The molecular formula is C23H32IN5S. The average Bonchev–Trinajstić information content (AvgIpc) is 3.45. The standard InChI is InChI=1S/C23H31N5S.HI/c1-24-22(25-12-9-21-18-29-23(26-21)28-13-5-6-14-28)27-15-10-20(11-16-27)17-19-7-3-2-4-8-19;/h2-4,7-8,17-18H,5-6,9-16H2,1H3,(H,24,25);1H. The first kappa shape index (κ1) is 23.1. The van der Waals surface area contributed by atoms with Crippen LogP contribution in [0.5, 0.6) is 0 Å². The van der Waals surface area contributed by atoms with Crippen molar-refractivity contribution in [1.82, 2.24) is 15.2 Å². The molecule has 3 heterocycles. The lowest BCUT2D eigenvalue weighted by molar-refractivity contribution is 0.376. The second-order valence-corrected chi connectivity index (χ2v) is 8.58. The molecule has 2 aliphatic rings. The molecule has 0 bridgehead atoms. The molecule has 2 aromatic rings. The van der Waals surface area contributed by atoms with Crippen LogP contribution >= 0.6 is 35.3 Å². The van der Waals surface area contributed by atoms with Gasteiger partial charge in [0.15, 0.2) is 11.1 Å². The zero-order chi connectivity index (χ0) is 19.9. The van der Waals surface area contributed by atoms with Crippen LogP contribution in [0.2, 0.25) is 0 Å². The van der Waals surface area contributed by atoms with Gasteiger partial charge in [-0.15, -0.1) is 35.3 Å². The van der Waals surface area contributed by atoms with Gasteiger partial charge in [-0.05, 0) is 31.2 Å². The van der Waals surface area contributed by atoms with Crippen molar-refractivity contribution in [2.45, 2.75) is 32.1 Å². The average molecular weight is 538 g/mol. The van der Waals surface area contributed by atoms with E-state index < -0.39 is 0 Å². The first-order chi connectivity index (χ1) is 14.3. The summed E-state index contributed by atoms with van der Waals surface area (Å²) in [5.74, 6) is 1.01. The summed E-state index contributed by atoms with van der Waals surface area (Å²) in [5.41, 5.74) is 4.02. The minimum absolute atomic E-state index is 0. The number of hydrogen-bond donors (Lipinski definition) is 1. The second-order valence-electron chi connectivity index (χ2n) is 7.74. The molecule has 0 saturated carbocycles. The fourth-order valence-corrected chi connectivity index (χ4v) is 4.95. The fourth-order valence-electron chi connectivity index (χ4n) is 4.03. The molecule has 4 rings (SSSR count). The Hall–Kier alpha value is -1.61. The van der Waals surface area contributed by atoms with Crippen molar-refractivity contribution in [3.05, 3.63) is 52.5 Å². The summed E-state index contributed by atoms with van der Waals surface area (Å²) < 4.78 is 0. The Morgan fingerprint density at radius 2 is 1.87 bits per heavy atom. The number of hydrogen-bond acceptors (Lipinski definition) is 4. The van der Waals surface area contributed by atoms with E-state index >= 15 is 0 Å². The molecule has 30 heavy (non-hydrogen) atoms. The van der Waals surface area contributed by atoms with Gasteiger partial charge in [0, 0.05) is 51.6 Å². The van der Waals surface area contributed by atoms with Crippen LogP contribution in [0.15, 0.2) is 46.3 Å². The zero-order valence-corrected chi connectivity index (χ0v) is 20.9. The predicted molar refractivity (Wildman–Crippen MR) is 139 cm³/mol. The maximum Gasteiger partial charge on any atom is 0.193 e. The van der Waals surface area contributed by atoms with Crippen molar-refractivity contribution < 1.29 is 0 Å². The molecule has 0 atom stereocenters. The number of guanidine groups is 1. The monoisotopic (exact) mass is 537 g/mol. The summed E-state index contributed by atoms with van der Waals surface area (Å²) in [5, 5.41) is 6.94. The van der Waals surface area contributed by atoms with Gasteiger partial charge in [0.05, 0.1) is 5.69 Å². The highest BCUT2D eigenvalue weighted by molar-refractivity contribution is 14.0. The van der Waals surface area contributed by atoms with Crippen LogP contribution in [-0.4, -0.2) is 55.6 Å². The maximum absolute atomic E-state index is 4.82. The van der Waals surface area contributed by atoms with Gasteiger partial charge in [-0.1, -0.05) is 42.0 Å². The van der Waals surface area contributed by atoms with Crippen LogP contribution in [0, 0.1) is 0 Å². The van der Waals surface area contributed by atoms with E-state index in [0.717, 1.165) is 57.9 Å². The first-order valence-corrected chi connectivity index (χ1v) is 11.6. The highest BCUT2D eigenvalue weighted by Gasteiger charge is 2.18. The van der Waals surface area contributed by atoms with Crippen molar-refractivity contribution in [3.8, 4) is 0 Å². The van der Waals surface area contributed by atoms with Crippen LogP contribution in [0.1, 0.15) is 36.9 Å². The van der Waals surface area contributed by atoms with E-state index in [1.807, 2.05) is 7.05 Å². The molecule has 2 saturated heterocycles. The molecule has 7 heteroatoms. The molecule has 1 aromatic heterocycles. The van der Waals surface area contributed by atoms with Gasteiger partial charge >= 0.3 is 0 Å². The molecule has 1 aromatic carbocycles. The third-order valence-electron chi connectivity index (χ3n) is 5.67. The molecule has 1 N–H and O–H groups in total. The van der Waals surface area contributed by atoms with Crippen molar-refractivity contribution >= 4 is 52.5 Å². The molecule has 2 fully saturated rings. The zero-order valence-electron chi connectivity index (χ0n) is 17.7. The molecule has 0 amide bonds. The van der Waals surface area contributed by atoms with E-state index in [-0.39, 0.29) is 24.0 Å². The molecule has 2 aliphatic heterocycles. The summed E-state index contributed by atoms with van der Waals surface area (Å²) >= 11 is 1.78. The number of thiazole rings is 1. The second kappa shape index (κ2) is 11.7. The minimum Gasteiger partial charge on any atom is -0.356 e. The lowest BCUT2D eigenvalue weighted by Gasteiger charge is -2.31. The Morgan fingerprint density at radius 3 is 2.57 bits per heavy atom. The van der Waals surface area contributed by atoms with E-state index in [1.54, 1.807) is 11.3 Å². The lowest BCUT2D eigenvalue weighted by atomic mass is 10.0. The van der Waals surface area contributed by atoms with Gasteiger partial charge in [-0.3, -0.25) is 4.99 Å².